The van der Waals surface area contributed by atoms with E-state index in [0.29, 0.717) is 30.8 Å². The highest BCUT2D eigenvalue weighted by Crippen LogP contribution is 2.15. The average Bonchev–Trinajstić information content (AvgIpc) is 2.84. The van der Waals surface area contributed by atoms with Gasteiger partial charge in [-0.15, -0.1) is 0 Å². The molecule has 20 heavy (non-hydrogen) atoms. The number of aliphatic hydroxyl groups is 1. The summed E-state index contributed by atoms with van der Waals surface area (Å²) in [6, 6.07) is 6.62. The molecule has 2 rings (SSSR count). The number of rotatable bonds is 3. The number of carbonyl (C=O) groups excluding carboxylic acids is 1. The van der Waals surface area contributed by atoms with Crippen molar-refractivity contribution in [1.82, 2.24) is 4.90 Å². The standard InChI is InChI=1S/C14H16N2O4/c17-12-6-7-16(9-12)14(20)15-11-3-1-2-10(8-11)4-5-13(18)19/h1-5,8,12,17H,6-7,9H2,(H,15,20)(H,18,19)/b5-4+. The van der Waals surface area contributed by atoms with E-state index in [1.165, 1.54) is 6.08 Å². The SMILES string of the molecule is O=C(O)/C=C/c1cccc(NC(=O)N2CCC(O)C2)c1. The number of amides is 2. The lowest BCUT2D eigenvalue weighted by molar-refractivity contribution is -0.131. The number of nitrogens with one attached hydrogen (secondary N) is 1. The van der Waals surface area contributed by atoms with Crippen molar-refractivity contribution < 1.29 is 19.8 Å². The maximum Gasteiger partial charge on any atom is 0.328 e. The summed E-state index contributed by atoms with van der Waals surface area (Å²) in [4.78, 5) is 23.9. The van der Waals surface area contributed by atoms with E-state index in [4.69, 9.17) is 5.11 Å². The van der Waals surface area contributed by atoms with Gasteiger partial charge in [-0.3, -0.25) is 0 Å². The summed E-state index contributed by atoms with van der Waals surface area (Å²) in [5, 5.41) is 20.7. The lowest BCUT2D eigenvalue weighted by atomic mass is 10.2. The van der Waals surface area contributed by atoms with Crippen molar-refractivity contribution in [2.75, 3.05) is 18.4 Å². The molecule has 1 heterocycles. The Labute approximate surface area is 116 Å². The highest BCUT2D eigenvalue weighted by molar-refractivity contribution is 5.90. The minimum atomic E-state index is -1.02. The molecule has 0 aliphatic carbocycles. The Morgan fingerprint density at radius 1 is 1.40 bits per heavy atom. The van der Waals surface area contributed by atoms with Gasteiger partial charge in [0, 0.05) is 24.9 Å². The molecule has 1 unspecified atom stereocenters. The quantitative estimate of drug-likeness (QED) is 0.728. The first-order chi connectivity index (χ1) is 9.54. The Bertz CT molecular complexity index is 542. The van der Waals surface area contributed by atoms with E-state index >= 15 is 0 Å². The Balaban J connectivity index is 2.00. The maximum absolute atomic E-state index is 11.9. The summed E-state index contributed by atoms with van der Waals surface area (Å²) in [6.45, 7) is 0.871. The van der Waals surface area contributed by atoms with Gasteiger partial charge < -0.3 is 20.4 Å². The predicted octanol–water partition coefficient (Wildman–Crippen LogP) is 1.38. The predicted molar refractivity (Wildman–Crippen MR) is 74.3 cm³/mol. The number of likely N-dealkylation sites (tertiary alicyclic amines) is 1. The second kappa shape index (κ2) is 6.21. The number of carboxylic acids is 1. The molecule has 1 atom stereocenters. The number of hydrogen-bond donors (Lipinski definition) is 3. The van der Waals surface area contributed by atoms with E-state index in [0.717, 1.165) is 6.08 Å². The van der Waals surface area contributed by atoms with Crippen LogP contribution in [0.15, 0.2) is 30.3 Å². The van der Waals surface area contributed by atoms with Crippen LogP contribution < -0.4 is 5.32 Å². The van der Waals surface area contributed by atoms with Crippen molar-refractivity contribution >= 4 is 23.8 Å². The normalized spacial score (nSPS) is 18.4. The number of carbonyl (C=O) groups is 2. The van der Waals surface area contributed by atoms with Crippen LogP contribution in [0, 0.1) is 0 Å². The number of hydrogen-bond acceptors (Lipinski definition) is 3. The van der Waals surface area contributed by atoms with Gasteiger partial charge in [0.2, 0.25) is 0 Å². The average molecular weight is 276 g/mol. The van der Waals surface area contributed by atoms with E-state index in [1.54, 1.807) is 29.2 Å². The Hall–Kier alpha value is -2.34. The van der Waals surface area contributed by atoms with Crippen molar-refractivity contribution in [2.24, 2.45) is 0 Å². The molecular formula is C14H16N2O4. The van der Waals surface area contributed by atoms with Crippen molar-refractivity contribution in [3.63, 3.8) is 0 Å². The summed E-state index contributed by atoms with van der Waals surface area (Å²) in [5.41, 5.74) is 1.27. The summed E-state index contributed by atoms with van der Waals surface area (Å²) < 4.78 is 0. The van der Waals surface area contributed by atoms with Gasteiger partial charge in [-0.1, -0.05) is 12.1 Å². The number of aliphatic hydroxyl groups excluding tert-OH is 1. The second-order valence-corrected chi connectivity index (χ2v) is 4.62. The Morgan fingerprint density at radius 2 is 2.20 bits per heavy atom. The summed E-state index contributed by atoms with van der Waals surface area (Å²) in [7, 11) is 0. The number of urea groups is 1. The molecule has 0 aromatic heterocycles. The molecule has 0 radical (unpaired) electrons. The molecule has 106 valence electrons. The minimum absolute atomic E-state index is 0.263. The number of β-amino-alcohol motifs (C(OH)–C–C–N with tert-alkyl or cyclic N) is 1. The van der Waals surface area contributed by atoms with Crippen molar-refractivity contribution in [2.45, 2.75) is 12.5 Å². The molecule has 3 N–H and O–H groups in total. The fourth-order valence-corrected chi connectivity index (χ4v) is 2.02. The third-order valence-corrected chi connectivity index (χ3v) is 3.01. The molecule has 0 spiro atoms. The molecule has 2 amide bonds. The Kier molecular flexibility index (Phi) is 4.37. The van der Waals surface area contributed by atoms with Gasteiger partial charge in [-0.2, -0.15) is 0 Å². The summed E-state index contributed by atoms with van der Waals surface area (Å²) >= 11 is 0. The first-order valence-corrected chi connectivity index (χ1v) is 6.29. The topological polar surface area (TPSA) is 89.9 Å². The van der Waals surface area contributed by atoms with Crippen LogP contribution in [0.3, 0.4) is 0 Å². The number of anilines is 1. The van der Waals surface area contributed by atoms with E-state index in [1.807, 2.05) is 0 Å². The van der Waals surface area contributed by atoms with Gasteiger partial charge in [-0.25, -0.2) is 9.59 Å². The second-order valence-electron chi connectivity index (χ2n) is 4.62. The van der Waals surface area contributed by atoms with Crippen molar-refractivity contribution in [3.05, 3.63) is 35.9 Å². The monoisotopic (exact) mass is 276 g/mol. The third kappa shape index (κ3) is 3.83. The van der Waals surface area contributed by atoms with Crippen LogP contribution in [0.2, 0.25) is 0 Å². The summed E-state index contributed by atoms with van der Waals surface area (Å²) in [5.74, 6) is -1.02. The van der Waals surface area contributed by atoms with Crippen LogP contribution in [0.5, 0.6) is 0 Å². The van der Waals surface area contributed by atoms with E-state index < -0.39 is 12.1 Å². The zero-order valence-corrected chi connectivity index (χ0v) is 10.8. The zero-order valence-electron chi connectivity index (χ0n) is 10.8. The summed E-state index contributed by atoms with van der Waals surface area (Å²) in [6.07, 6.45) is 2.63. The highest BCUT2D eigenvalue weighted by atomic mass is 16.4. The number of aliphatic carboxylic acids is 1. The fraction of sp³-hybridized carbons (Fsp3) is 0.286. The van der Waals surface area contributed by atoms with Crippen LogP contribution >= 0.6 is 0 Å². The molecule has 0 saturated carbocycles. The van der Waals surface area contributed by atoms with E-state index in [2.05, 4.69) is 5.32 Å². The molecule has 1 fully saturated rings. The lowest BCUT2D eigenvalue weighted by Crippen LogP contribution is -2.33. The van der Waals surface area contributed by atoms with Gasteiger partial charge in [0.1, 0.15) is 0 Å². The van der Waals surface area contributed by atoms with Gasteiger partial charge >= 0.3 is 12.0 Å². The number of carboxylic acid groups (broad SMARTS) is 1. The third-order valence-electron chi connectivity index (χ3n) is 3.01. The van der Waals surface area contributed by atoms with Crippen molar-refractivity contribution in [1.29, 1.82) is 0 Å². The molecule has 1 aromatic carbocycles. The van der Waals surface area contributed by atoms with Gasteiger partial charge in [-0.05, 0) is 30.2 Å². The minimum Gasteiger partial charge on any atom is -0.478 e. The largest absolute Gasteiger partial charge is 0.478 e. The maximum atomic E-state index is 11.9. The molecular weight excluding hydrogens is 260 g/mol. The van der Waals surface area contributed by atoms with E-state index in [-0.39, 0.29) is 6.03 Å². The zero-order chi connectivity index (χ0) is 14.5. The van der Waals surface area contributed by atoms with Crippen LogP contribution in [0.1, 0.15) is 12.0 Å². The highest BCUT2D eigenvalue weighted by Gasteiger charge is 2.24. The molecule has 1 aromatic rings. The van der Waals surface area contributed by atoms with Crippen LogP contribution in [0.4, 0.5) is 10.5 Å². The van der Waals surface area contributed by atoms with Crippen LogP contribution in [0.25, 0.3) is 6.08 Å². The van der Waals surface area contributed by atoms with Crippen LogP contribution in [-0.4, -0.2) is 46.3 Å². The van der Waals surface area contributed by atoms with Gasteiger partial charge in [0.15, 0.2) is 0 Å². The van der Waals surface area contributed by atoms with Crippen LogP contribution in [-0.2, 0) is 4.79 Å². The molecule has 1 aliphatic heterocycles. The number of nitrogens with zero attached hydrogens (tertiary/aromatic N) is 1. The molecule has 6 heteroatoms. The molecule has 1 saturated heterocycles. The molecule has 1 aliphatic rings. The molecule has 0 bridgehead atoms. The molecule has 6 nitrogen and oxygen atoms in total. The first-order valence-electron chi connectivity index (χ1n) is 6.29. The number of benzene rings is 1. The fourth-order valence-electron chi connectivity index (χ4n) is 2.02. The Morgan fingerprint density at radius 3 is 2.85 bits per heavy atom. The van der Waals surface area contributed by atoms with Gasteiger partial charge in [0.25, 0.3) is 0 Å². The first kappa shape index (κ1) is 14.1. The van der Waals surface area contributed by atoms with Gasteiger partial charge in [0.05, 0.1) is 6.10 Å². The van der Waals surface area contributed by atoms with Crippen molar-refractivity contribution in [3.8, 4) is 0 Å². The van der Waals surface area contributed by atoms with E-state index in [9.17, 15) is 14.7 Å². The smallest absolute Gasteiger partial charge is 0.328 e. The lowest BCUT2D eigenvalue weighted by Gasteiger charge is -2.16.